The molecular formula is C14H20BrNO3S2. The van der Waals surface area contributed by atoms with Crippen molar-refractivity contribution in [3.8, 4) is 0 Å². The van der Waals surface area contributed by atoms with Crippen LogP contribution in [0, 0.1) is 0 Å². The van der Waals surface area contributed by atoms with Crippen molar-refractivity contribution in [1.82, 2.24) is 0 Å². The average molecular weight is 394 g/mol. The number of anilines is 1. The molecule has 4 nitrogen and oxygen atoms in total. The fraction of sp³-hybridized carbons (Fsp3) is 0.571. The SMILES string of the molecule is CCS(=O)(=O)C1CSCCN1c1ccc([C@H](C)O)cc1Br. The Labute approximate surface area is 139 Å². The Balaban J connectivity index is 2.38. The van der Waals surface area contributed by atoms with Gasteiger partial charge in [-0.1, -0.05) is 13.0 Å². The molecule has 1 aliphatic heterocycles. The Morgan fingerprint density at radius 1 is 1.52 bits per heavy atom. The molecule has 0 radical (unpaired) electrons. The van der Waals surface area contributed by atoms with Crippen LogP contribution in [-0.4, -0.2) is 42.7 Å². The van der Waals surface area contributed by atoms with E-state index in [-0.39, 0.29) is 5.75 Å². The highest BCUT2D eigenvalue weighted by Crippen LogP contribution is 2.34. The standard InChI is InChI=1S/C14H20BrNO3S2/c1-3-21(18,19)14-9-20-7-6-16(14)13-5-4-11(10(2)17)8-12(13)15/h4-5,8,10,14,17H,3,6-7,9H2,1-2H3/t10-,14?/m0/s1. The molecule has 0 bridgehead atoms. The summed E-state index contributed by atoms with van der Waals surface area (Å²) >= 11 is 5.19. The summed E-state index contributed by atoms with van der Waals surface area (Å²) in [6.45, 7) is 4.11. The van der Waals surface area contributed by atoms with Gasteiger partial charge in [0.25, 0.3) is 0 Å². The Bertz CT molecular complexity index is 604. The predicted molar refractivity (Wildman–Crippen MR) is 92.7 cm³/mol. The molecule has 0 saturated carbocycles. The fourth-order valence-corrected chi connectivity index (χ4v) is 5.97. The van der Waals surface area contributed by atoms with Gasteiger partial charge in [-0.05, 0) is 40.5 Å². The molecule has 0 amide bonds. The van der Waals surface area contributed by atoms with Gasteiger partial charge >= 0.3 is 0 Å². The number of thioether (sulfide) groups is 1. The summed E-state index contributed by atoms with van der Waals surface area (Å²) in [6, 6.07) is 5.60. The molecule has 1 saturated heterocycles. The van der Waals surface area contributed by atoms with Crippen molar-refractivity contribution in [1.29, 1.82) is 0 Å². The van der Waals surface area contributed by atoms with Crippen molar-refractivity contribution in [2.75, 3.05) is 28.7 Å². The van der Waals surface area contributed by atoms with E-state index in [0.717, 1.165) is 21.5 Å². The molecule has 2 rings (SSSR count). The summed E-state index contributed by atoms with van der Waals surface area (Å²) in [5.41, 5.74) is 1.69. The molecule has 1 N–H and O–H groups in total. The Hall–Kier alpha value is -0.240. The molecular weight excluding hydrogens is 374 g/mol. The monoisotopic (exact) mass is 393 g/mol. The highest BCUT2D eigenvalue weighted by molar-refractivity contribution is 9.10. The molecule has 21 heavy (non-hydrogen) atoms. The second-order valence-corrected chi connectivity index (χ2v) is 9.51. The molecule has 118 valence electrons. The molecule has 1 aliphatic rings. The number of hydrogen-bond donors (Lipinski definition) is 1. The van der Waals surface area contributed by atoms with Crippen LogP contribution in [0.3, 0.4) is 0 Å². The lowest BCUT2D eigenvalue weighted by molar-refractivity contribution is 0.199. The lowest BCUT2D eigenvalue weighted by Crippen LogP contribution is -2.48. The van der Waals surface area contributed by atoms with Gasteiger partial charge in [-0.3, -0.25) is 0 Å². The average Bonchev–Trinajstić information content (AvgIpc) is 2.47. The minimum absolute atomic E-state index is 0.151. The maximum atomic E-state index is 12.3. The molecule has 2 atom stereocenters. The third-order valence-corrected chi connectivity index (χ3v) is 7.59. The number of rotatable bonds is 4. The first kappa shape index (κ1) is 17.1. The highest BCUT2D eigenvalue weighted by atomic mass is 79.9. The van der Waals surface area contributed by atoms with Crippen LogP contribution in [0.1, 0.15) is 25.5 Å². The third kappa shape index (κ3) is 3.75. The van der Waals surface area contributed by atoms with Gasteiger partial charge in [0.2, 0.25) is 0 Å². The number of aliphatic hydroxyl groups excluding tert-OH is 1. The van der Waals surface area contributed by atoms with Crippen molar-refractivity contribution in [2.24, 2.45) is 0 Å². The van der Waals surface area contributed by atoms with E-state index in [1.54, 1.807) is 25.6 Å². The first-order valence-corrected chi connectivity index (χ1v) is 10.6. The van der Waals surface area contributed by atoms with Crippen LogP contribution >= 0.6 is 27.7 Å². The molecule has 1 aromatic carbocycles. The van der Waals surface area contributed by atoms with Crippen molar-refractivity contribution in [3.05, 3.63) is 28.2 Å². The summed E-state index contributed by atoms with van der Waals surface area (Å²) in [5.74, 6) is 1.67. The van der Waals surface area contributed by atoms with Crippen molar-refractivity contribution < 1.29 is 13.5 Å². The minimum atomic E-state index is -3.13. The van der Waals surface area contributed by atoms with Gasteiger partial charge in [0, 0.05) is 28.3 Å². The van der Waals surface area contributed by atoms with E-state index in [2.05, 4.69) is 15.9 Å². The highest BCUT2D eigenvalue weighted by Gasteiger charge is 2.33. The summed E-state index contributed by atoms with van der Waals surface area (Å²) in [4.78, 5) is 1.96. The molecule has 1 aromatic rings. The largest absolute Gasteiger partial charge is 0.389 e. The molecule has 7 heteroatoms. The number of halogens is 1. The number of benzene rings is 1. The van der Waals surface area contributed by atoms with E-state index in [1.165, 1.54) is 0 Å². The van der Waals surface area contributed by atoms with Crippen LogP contribution in [0.4, 0.5) is 5.69 Å². The molecule has 1 fully saturated rings. The Morgan fingerprint density at radius 2 is 2.24 bits per heavy atom. The van der Waals surface area contributed by atoms with Gasteiger partial charge < -0.3 is 10.0 Å². The summed E-state index contributed by atoms with van der Waals surface area (Å²) in [7, 11) is -3.13. The van der Waals surface area contributed by atoms with E-state index in [4.69, 9.17) is 0 Å². The van der Waals surface area contributed by atoms with E-state index in [1.807, 2.05) is 23.1 Å². The van der Waals surface area contributed by atoms with Gasteiger partial charge in [-0.2, -0.15) is 11.8 Å². The Kier molecular flexibility index (Phi) is 5.62. The number of hydrogen-bond acceptors (Lipinski definition) is 5. The van der Waals surface area contributed by atoms with Gasteiger partial charge in [-0.15, -0.1) is 0 Å². The number of nitrogens with zero attached hydrogens (tertiary/aromatic N) is 1. The molecule has 0 aromatic heterocycles. The Morgan fingerprint density at radius 3 is 2.81 bits per heavy atom. The van der Waals surface area contributed by atoms with E-state index in [9.17, 15) is 13.5 Å². The van der Waals surface area contributed by atoms with Gasteiger partial charge in [0.15, 0.2) is 9.84 Å². The first-order valence-electron chi connectivity index (χ1n) is 6.90. The second kappa shape index (κ2) is 6.89. The quantitative estimate of drug-likeness (QED) is 0.851. The number of sulfone groups is 1. The predicted octanol–water partition coefficient (Wildman–Crippen LogP) is 2.82. The maximum Gasteiger partial charge on any atom is 0.171 e. The van der Waals surface area contributed by atoms with Crippen LogP contribution in [-0.2, 0) is 9.84 Å². The fourth-order valence-electron chi connectivity index (χ4n) is 2.36. The van der Waals surface area contributed by atoms with E-state index in [0.29, 0.717) is 12.3 Å². The van der Waals surface area contributed by atoms with Crippen LogP contribution in [0.5, 0.6) is 0 Å². The molecule has 0 aliphatic carbocycles. The zero-order valence-corrected chi connectivity index (χ0v) is 15.3. The van der Waals surface area contributed by atoms with Gasteiger partial charge in [0.05, 0.1) is 11.8 Å². The van der Waals surface area contributed by atoms with E-state index >= 15 is 0 Å². The van der Waals surface area contributed by atoms with Gasteiger partial charge in [0.1, 0.15) is 5.37 Å². The minimum Gasteiger partial charge on any atom is -0.389 e. The van der Waals surface area contributed by atoms with Crippen molar-refractivity contribution in [2.45, 2.75) is 25.3 Å². The van der Waals surface area contributed by atoms with E-state index < -0.39 is 21.3 Å². The summed E-state index contributed by atoms with van der Waals surface area (Å²) < 4.78 is 25.5. The lowest BCUT2D eigenvalue weighted by Gasteiger charge is -2.37. The van der Waals surface area contributed by atoms with Crippen LogP contribution < -0.4 is 4.90 Å². The topological polar surface area (TPSA) is 57.6 Å². The molecule has 1 unspecified atom stereocenters. The first-order chi connectivity index (χ1) is 9.86. The zero-order valence-electron chi connectivity index (χ0n) is 12.1. The second-order valence-electron chi connectivity index (χ2n) is 5.06. The normalized spacial score (nSPS) is 21.3. The van der Waals surface area contributed by atoms with Gasteiger partial charge in [-0.25, -0.2) is 8.42 Å². The lowest BCUT2D eigenvalue weighted by atomic mass is 10.1. The third-order valence-electron chi connectivity index (χ3n) is 3.67. The van der Waals surface area contributed by atoms with Crippen molar-refractivity contribution in [3.63, 3.8) is 0 Å². The smallest absolute Gasteiger partial charge is 0.171 e. The van der Waals surface area contributed by atoms with Crippen LogP contribution in [0.15, 0.2) is 22.7 Å². The summed E-state index contributed by atoms with van der Waals surface area (Å²) in [6.07, 6.45) is -0.539. The summed E-state index contributed by atoms with van der Waals surface area (Å²) in [5, 5.41) is 9.16. The van der Waals surface area contributed by atoms with Crippen LogP contribution in [0.25, 0.3) is 0 Å². The van der Waals surface area contributed by atoms with Crippen molar-refractivity contribution >= 4 is 43.2 Å². The molecule has 1 heterocycles. The van der Waals surface area contributed by atoms with Crippen LogP contribution in [0.2, 0.25) is 0 Å². The zero-order chi connectivity index (χ0) is 15.6. The molecule has 0 spiro atoms. The number of aliphatic hydroxyl groups is 1. The maximum absolute atomic E-state index is 12.3.